The number of ether oxygens (including phenoxy) is 2. The van der Waals surface area contributed by atoms with Gasteiger partial charge < -0.3 is 14.6 Å². The molecule has 0 saturated carbocycles. The monoisotopic (exact) mass is 358 g/mol. The largest absolute Gasteiger partial charge is 0.490 e. The van der Waals surface area contributed by atoms with Gasteiger partial charge in [-0.1, -0.05) is 32.8 Å². The minimum absolute atomic E-state index is 0.326. The Hall–Kier alpha value is -0.580. The highest BCUT2D eigenvalue weighted by Gasteiger charge is 2.20. The van der Waals surface area contributed by atoms with Gasteiger partial charge in [0, 0.05) is 7.11 Å². The van der Waals surface area contributed by atoms with Crippen LogP contribution in [0.5, 0.6) is 5.75 Å². The van der Waals surface area contributed by atoms with E-state index in [9.17, 15) is 5.11 Å². The smallest absolute Gasteiger partial charge is 0.133 e. The van der Waals surface area contributed by atoms with Gasteiger partial charge in [0.05, 0.1) is 17.2 Å². The second-order valence-corrected chi connectivity index (χ2v) is 6.17. The Morgan fingerprint density at radius 1 is 1.14 bits per heavy atom. The van der Waals surface area contributed by atoms with E-state index in [4.69, 9.17) is 9.47 Å². The molecule has 1 unspecified atom stereocenters. The first-order chi connectivity index (χ1) is 10.1. The summed E-state index contributed by atoms with van der Waals surface area (Å²) in [6.07, 6.45) is 3.90. The minimum Gasteiger partial charge on any atom is -0.490 e. The molecule has 0 aromatic heterocycles. The molecule has 1 aromatic carbocycles. The lowest BCUT2D eigenvalue weighted by Crippen LogP contribution is -2.13. The molecule has 21 heavy (non-hydrogen) atoms. The molecule has 0 bridgehead atoms. The van der Waals surface area contributed by atoms with Gasteiger partial charge in [-0.05, 0) is 52.4 Å². The topological polar surface area (TPSA) is 38.7 Å². The quantitative estimate of drug-likeness (QED) is 0.614. The zero-order valence-electron chi connectivity index (χ0n) is 13.3. The van der Waals surface area contributed by atoms with Crippen LogP contribution in [0.2, 0.25) is 0 Å². The summed E-state index contributed by atoms with van der Waals surface area (Å²) in [5.41, 5.74) is 0.952. The van der Waals surface area contributed by atoms with E-state index in [0.29, 0.717) is 19.1 Å². The lowest BCUT2D eigenvalue weighted by Gasteiger charge is -2.23. The SMILES string of the molecule is CCCC(CCC)C(O)c1ccc(OCCOC)c(Br)c1. The van der Waals surface area contributed by atoms with Gasteiger partial charge in [0.1, 0.15) is 12.4 Å². The standard InChI is InChI=1S/C17H27BrO3/c1-4-6-13(7-5-2)17(19)14-8-9-16(15(18)12-14)21-11-10-20-3/h8-9,12-13,17,19H,4-7,10-11H2,1-3H3. The number of hydrogen-bond donors (Lipinski definition) is 1. The van der Waals surface area contributed by atoms with Gasteiger partial charge in [-0.2, -0.15) is 0 Å². The third-order valence-electron chi connectivity index (χ3n) is 3.61. The van der Waals surface area contributed by atoms with Gasteiger partial charge in [-0.3, -0.25) is 0 Å². The number of methoxy groups -OCH3 is 1. The molecule has 1 N–H and O–H groups in total. The third kappa shape index (κ3) is 5.97. The summed E-state index contributed by atoms with van der Waals surface area (Å²) in [6.45, 7) is 5.41. The number of rotatable bonds is 10. The van der Waals surface area contributed by atoms with Crippen molar-refractivity contribution >= 4 is 15.9 Å². The maximum atomic E-state index is 10.6. The number of halogens is 1. The van der Waals surface area contributed by atoms with E-state index in [1.54, 1.807) is 7.11 Å². The van der Waals surface area contributed by atoms with Crippen molar-refractivity contribution in [1.82, 2.24) is 0 Å². The Morgan fingerprint density at radius 3 is 2.33 bits per heavy atom. The van der Waals surface area contributed by atoms with Gasteiger partial charge in [0.15, 0.2) is 0 Å². The highest BCUT2D eigenvalue weighted by molar-refractivity contribution is 9.10. The molecular weight excluding hydrogens is 332 g/mol. The van der Waals surface area contributed by atoms with Crippen LogP contribution in [0.1, 0.15) is 51.2 Å². The molecule has 120 valence electrons. The van der Waals surface area contributed by atoms with Crippen molar-refractivity contribution in [3.8, 4) is 5.75 Å². The summed E-state index contributed by atoms with van der Waals surface area (Å²) in [7, 11) is 1.65. The maximum absolute atomic E-state index is 10.6. The molecule has 4 heteroatoms. The molecule has 0 fully saturated rings. The molecule has 0 radical (unpaired) electrons. The first-order valence-electron chi connectivity index (χ1n) is 7.73. The molecule has 0 saturated heterocycles. The average molecular weight is 359 g/mol. The zero-order chi connectivity index (χ0) is 15.7. The molecule has 0 heterocycles. The van der Waals surface area contributed by atoms with E-state index in [1.165, 1.54) is 0 Å². The zero-order valence-corrected chi connectivity index (χ0v) is 14.9. The van der Waals surface area contributed by atoms with Crippen LogP contribution < -0.4 is 4.74 Å². The summed E-state index contributed by atoms with van der Waals surface area (Å²) >= 11 is 3.52. The van der Waals surface area contributed by atoms with Crippen LogP contribution in [0.25, 0.3) is 0 Å². The fourth-order valence-electron chi connectivity index (χ4n) is 2.53. The Bertz CT molecular complexity index is 403. The van der Waals surface area contributed by atoms with Gasteiger partial charge in [0.2, 0.25) is 0 Å². The Labute approximate surface area is 136 Å². The fourth-order valence-corrected chi connectivity index (χ4v) is 3.04. The molecule has 1 rings (SSSR count). The van der Waals surface area contributed by atoms with Crippen molar-refractivity contribution in [2.75, 3.05) is 20.3 Å². The van der Waals surface area contributed by atoms with Gasteiger partial charge in [-0.25, -0.2) is 0 Å². The first kappa shape index (κ1) is 18.5. The molecule has 0 spiro atoms. The molecule has 3 nitrogen and oxygen atoms in total. The van der Waals surface area contributed by atoms with Gasteiger partial charge in [-0.15, -0.1) is 0 Å². The predicted molar refractivity (Wildman–Crippen MR) is 89.8 cm³/mol. The van der Waals surface area contributed by atoms with E-state index >= 15 is 0 Å². The van der Waals surface area contributed by atoms with E-state index in [1.807, 2.05) is 18.2 Å². The van der Waals surface area contributed by atoms with Gasteiger partial charge >= 0.3 is 0 Å². The van der Waals surface area contributed by atoms with Gasteiger partial charge in [0.25, 0.3) is 0 Å². The highest BCUT2D eigenvalue weighted by Crippen LogP contribution is 2.34. The fraction of sp³-hybridized carbons (Fsp3) is 0.647. The number of aliphatic hydroxyl groups excluding tert-OH is 1. The third-order valence-corrected chi connectivity index (χ3v) is 4.23. The summed E-state index contributed by atoms with van der Waals surface area (Å²) < 4.78 is 11.5. The maximum Gasteiger partial charge on any atom is 0.133 e. The van der Waals surface area contributed by atoms with Crippen LogP contribution in [0, 0.1) is 5.92 Å². The average Bonchev–Trinajstić information content (AvgIpc) is 2.48. The van der Waals surface area contributed by atoms with Crippen molar-refractivity contribution in [3.05, 3.63) is 28.2 Å². The molecule has 0 aliphatic carbocycles. The van der Waals surface area contributed by atoms with Crippen LogP contribution in [0.3, 0.4) is 0 Å². The highest BCUT2D eigenvalue weighted by atomic mass is 79.9. The number of aliphatic hydroxyl groups is 1. The number of benzene rings is 1. The molecule has 1 aromatic rings. The van der Waals surface area contributed by atoms with Crippen LogP contribution >= 0.6 is 15.9 Å². The lowest BCUT2D eigenvalue weighted by atomic mass is 9.88. The normalized spacial score (nSPS) is 12.7. The van der Waals surface area contributed by atoms with Crippen molar-refractivity contribution in [1.29, 1.82) is 0 Å². The second kappa shape index (κ2) is 10.2. The number of hydrogen-bond acceptors (Lipinski definition) is 3. The van der Waals surface area contributed by atoms with E-state index in [-0.39, 0.29) is 0 Å². The van der Waals surface area contributed by atoms with Crippen LogP contribution in [0.4, 0.5) is 0 Å². The molecule has 0 aliphatic rings. The Kier molecular flexibility index (Phi) is 8.97. The summed E-state index contributed by atoms with van der Waals surface area (Å²) in [6, 6.07) is 5.83. The molecule has 1 atom stereocenters. The van der Waals surface area contributed by atoms with E-state index < -0.39 is 6.10 Å². The van der Waals surface area contributed by atoms with Crippen molar-refractivity contribution in [2.24, 2.45) is 5.92 Å². The minimum atomic E-state index is -0.408. The summed E-state index contributed by atoms with van der Waals surface area (Å²) in [4.78, 5) is 0. The predicted octanol–water partition coefficient (Wildman–Crippen LogP) is 4.72. The van der Waals surface area contributed by atoms with Crippen molar-refractivity contribution < 1.29 is 14.6 Å². The van der Waals surface area contributed by atoms with Crippen LogP contribution in [-0.4, -0.2) is 25.4 Å². The Balaban J connectivity index is 2.76. The van der Waals surface area contributed by atoms with E-state index in [2.05, 4.69) is 29.8 Å². The van der Waals surface area contributed by atoms with E-state index in [0.717, 1.165) is 41.5 Å². The van der Waals surface area contributed by atoms with Crippen molar-refractivity contribution in [2.45, 2.75) is 45.6 Å². The molecule has 0 amide bonds. The molecular formula is C17H27BrO3. The van der Waals surface area contributed by atoms with Crippen LogP contribution in [0.15, 0.2) is 22.7 Å². The van der Waals surface area contributed by atoms with Crippen molar-refractivity contribution in [3.63, 3.8) is 0 Å². The molecule has 0 aliphatic heterocycles. The Morgan fingerprint density at radius 2 is 1.81 bits per heavy atom. The summed E-state index contributed by atoms with van der Waals surface area (Å²) in [5.74, 6) is 1.11. The second-order valence-electron chi connectivity index (χ2n) is 5.31. The summed E-state index contributed by atoms with van der Waals surface area (Å²) in [5, 5.41) is 10.6. The van der Waals surface area contributed by atoms with Crippen LogP contribution in [-0.2, 0) is 4.74 Å². The lowest BCUT2D eigenvalue weighted by molar-refractivity contribution is 0.0962. The first-order valence-corrected chi connectivity index (χ1v) is 8.52.